The second-order valence-corrected chi connectivity index (χ2v) is 4.35. The normalized spacial score (nSPS) is 24.3. The third-order valence-corrected chi connectivity index (χ3v) is 3.03. The Hall–Kier alpha value is -1.62. The smallest absolute Gasteiger partial charge is 0.273 e. The van der Waals surface area contributed by atoms with Crippen LogP contribution in [0.25, 0.3) is 0 Å². The first-order valence-corrected chi connectivity index (χ1v) is 5.79. The molecule has 0 bridgehead atoms. The summed E-state index contributed by atoms with van der Waals surface area (Å²) >= 11 is 0. The molecular weight excluding hydrogens is 220 g/mol. The van der Waals surface area contributed by atoms with E-state index in [9.17, 15) is 15.0 Å². The highest BCUT2D eigenvalue weighted by Crippen LogP contribution is 2.19. The number of aliphatic hydroxyl groups excluding tert-OH is 1. The molecule has 5 heteroatoms. The summed E-state index contributed by atoms with van der Waals surface area (Å²) < 4.78 is 0. The predicted molar refractivity (Wildman–Crippen MR) is 61.6 cm³/mol. The Bertz CT molecular complexity index is 400. The lowest BCUT2D eigenvalue weighted by atomic mass is 9.93. The van der Waals surface area contributed by atoms with E-state index in [2.05, 4.69) is 10.3 Å². The van der Waals surface area contributed by atoms with E-state index in [4.69, 9.17) is 0 Å². The molecule has 1 fully saturated rings. The number of carbonyl (C=O) groups is 1. The highest BCUT2D eigenvalue weighted by Gasteiger charge is 2.22. The summed E-state index contributed by atoms with van der Waals surface area (Å²) in [7, 11) is 0. The average molecular weight is 236 g/mol. The van der Waals surface area contributed by atoms with Crippen LogP contribution in [0.5, 0.6) is 5.75 Å². The number of aromatic nitrogens is 1. The van der Waals surface area contributed by atoms with Crippen molar-refractivity contribution in [2.75, 3.05) is 0 Å². The summed E-state index contributed by atoms with van der Waals surface area (Å²) in [6.45, 7) is 0. The summed E-state index contributed by atoms with van der Waals surface area (Å²) in [4.78, 5) is 15.7. The number of amides is 1. The molecule has 1 aliphatic rings. The van der Waals surface area contributed by atoms with Gasteiger partial charge in [0.25, 0.3) is 5.91 Å². The number of aromatic hydroxyl groups is 1. The molecule has 0 aliphatic heterocycles. The summed E-state index contributed by atoms with van der Waals surface area (Å²) in [5.41, 5.74) is 0.0543. The van der Waals surface area contributed by atoms with Gasteiger partial charge < -0.3 is 15.5 Å². The number of nitrogens with one attached hydrogen (secondary N) is 1. The Labute approximate surface area is 99.5 Å². The van der Waals surface area contributed by atoms with Gasteiger partial charge in [0, 0.05) is 12.2 Å². The summed E-state index contributed by atoms with van der Waals surface area (Å²) in [6.07, 6.45) is 4.17. The first-order chi connectivity index (χ1) is 8.16. The fraction of sp³-hybridized carbons (Fsp3) is 0.500. The highest BCUT2D eigenvalue weighted by molar-refractivity contribution is 5.94. The third kappa shape index (κ3) is 2.94. The second-order valence-electron chi connectivity index (χ2n) is 4.35. The van der Waals surface area contributed by atoms with E-state index in [0.717, 1.165) is 12.8 Å². The van der Waals surface area contributed by atoms with Crippen LogP contribution in [0.3, 0.4) is 0 Å². The van der Waals surface area contributed by atoms with Crippen molar-refractivity contribution in [1.82, 2.24) is 10.3 Å². The lowest BCUT2D eigenvalue weighted by Gasteiger charge is -2.26. The lowest BCUT2D eigenvalue weighted by molar-refractivity contribution is 0.0860. The Kier molecular flexibility index (Phi) is 3.58. The minimum Gasteiger partial charge on any atom is -0.505 e. The average Bonchev–Trinajstić information content (AvgIpc) is 2.32. The van der Waals surface area contributed by atoms with Gasteiger partial charge in [-0.1, -0.05) is 0 Å². The van der Waals surface area contributed by atoms with E-state index < -0.39 is 0 Å². The van der Waals surface area contributed by atoms with E-state index in [0.29, 0.717) is 12.8 Å². The largest absolute Gasteiger partial charge is 0.505 e. The summed E-state index contributed by atoms with van der Waals surface area (Å²) in [5, 5.41) is 21.7. The van der Waals surface area contributed by atoms with Crippen LogP contribution in [0, 0.1) is 0 Å². The number of carbonyl (C=O) groups excluding carboxylic acids is 1. The van der Waals surface area contributed by atoms with Crippen molar-refractivity contribution in [3.05, 3.63) is 24.0 Å². The van der Waals surface area contributed by atoms with Gasteiger partial charge in [-0.15, -0.1) is 0 Å². The van der Waals surface area contributed by atoms with Gasteiger partial charge in [-0.25, -0.2) is 4.98 Å². The van der Waals surface area contributed by atoms with Crippen molar-refractivity contribution >= 4 is 5.91 Å². The van der Waals surface area contributed by atoms with Crippen LogP contribution < -0.4 is 5.32 Å². The Morgan fingerprint density at radius 3 is 2.71 bits per heavy atom. The lowest BCUT2D eigenvalue weighted by Crippen LogP contribution is -2.38. The number of pyridine rings is 1. The van der Waals surface area contributed by atoms with Gasteiger partial charge in [-0.2, -0.15) is 0 Å². The van der Waals surface area contributed by atoms with Crippen molar-refractivity contribution in [3.8, 4) is 5.75 Å². The summed E-state index contributed by atoms with van der Waals surface area (Å²) in [5.74, 6) is -0.467. The van der Waals surface area contributed by atoms with E-state index in [1.165, 1.54) is 12.3 Å². The van der Waals surface area contributed by atoms with Gasteiger partial charge >= 0.3 is 0 Å². The Balaban J connectivity index is 1.96. The van der Waals surface area contributed by atoms with Gasteiger partial charge in [0.2, 0.25) is 0 Å². The maximum absolute atomic E-state index is 11.8. The minimum atomic E-state index is -0.357. The molecule has 1 saturated carbocycles. The maximum atomic E-state index is 11.8. The van der Waals surface area contributed by atoms with Crippen LogP contribution in [0.4, 0.5) is 0 Å². The molecule has 0 aromatic carbocycles. The van der Waals surface area contributed by atoms with Gasteiger partial charge in [0.05, 0.1) is 6.10 Å². The van der Waals surface area contributed by atoms with Crippen LogP contribution >= 0.6 is 0 Å². The number of nitrogens with zero attached hydrogens (tertiary/aromatic N) is 1. The van der Waals surface area contributed by atoms with Gasteiger partial charge in [-0.05, 0) is 37.8 Å². The molecule has 17 heavy (non-hydrogen) atoms. The SMILES string of the molecule is O=C(NC1CCC(O)CC1)c1ncccc1O. The molecule has 1 aliphatic carbocycles. The molecule has 0 atom stereocenters. The number of hydrogen-bond donors (Lipinski definition) is 3. The number of rotatable bonds is 2. The minimum absolute atomic E-state index is 0.0543. The van der Waals surface area contributed by atoms with E-state index in [1.807, 2.05) is 0 Å². The summed E-state index contributed by atoms with van der Waals surface area (Å²) in [6, 6.07) is 3.07. The van der Waals surface area contributed by atoms with Crippen LogP contribution in [-0.4, -0.2) is 33.3 Å². The van der Waals surface area contributed by atoms with Crippen LogP contribution in [0.2, 0.25) is 0 Å². The van der Waals surface area contributed by atoms with Crippen LogP contribution in [0.1, 0.15) is 36.2 Å². The zero-order valence-electron chi connectivity index (χ0n) is 9.47. The van der Waals surface area contributed by atoms with Crippen molar-refractivity contribution in [3.63, 3.8) is 0 Å². The predicted octanol–water partition coefficient (Wildman–Crippen LogP) is 0.820. The van der Waals surface area contributed by atoms with Crippen molar-refractivity contribution in [1.29, 1.82) is 0 Å². The fourth-order valence-electron chi connectivity index (χ4n) is 2.05. The molecule has 2 rings (SSSR count). The number of aliphatic hydroxyl groups is 1. The van der Waals surface area contributed by atoms with E-state index >= 15 is 0 Å². The Morgan fingerprint density at radius 2 is 2.06 bits per heavy atom. The zero-order valence-corrected chi connectivity index (χ0v) is 9.47. The third-order valence-electron chi connectivity index (χ3n) is 3.03. The van der Waals surface area contributed by atoms with Crippen LogP contribution in [0.15, 0.2) is 18.3 Å². The molecule has 5 nitrogen and oxygen atoms in total. The molecule has 1 aromatic rings. The van der Waals surface area contributed by atoms with Crippen molar-refractivity contribution in [2.24, 2.45) is 0 Å². The quantitative estimate of drug-likeness (QED) is 0.710. The van der Waals surface area contributed by atoms with E-state index in [1.54, 1.807) is 6.07 Å². The zero-order chi connectivity index (χ0) is 12.3. The first-order valence-electron chi connectivity index (χ1n) is 5.79. The van der Waals surface area contributed by atoms with Gasteiger partial charge in [0.1, 0.15) is 5.75 Å². The van der Waals surface area contributed by atoms with Crippen LogP contribution in [-0.2, 0) is 0 Å². The molecule has 0 unspecified atom stereocenters. The topological polar surface area (TPSA) is 82.5 Å². The van der Waals surface area contributed by atoms with Gasteiger partial charge in [-0.3, -0.25) is 4.79 Å². The molecule has 0 radical (unpaired) electrons. The molecule has 92 valence electrons. The highest BCUT2D eigenvalue weighted by atomic mass is 16.3. The standard InChI is InChI=1S/C12H16N2O3/c15-9-5-3-8(4-6-9)14-12(17)11-10(16)2-1-7-13-11/h1-2,7-9,15-16H,3-6H2,(H,14,17). The second kappa shape index (κ2) is 5.14. The van der Waals surface area contributed by atoms with Crippen molar-refractivity contribution in [2.45, 2.75) is 37.8 Å². The molecule has 1 aromatic heterocycles. The number of hydrogen-bond acceptors (Lipinski definition) is 4. The molecular formula is C12H16N2O3. The molecule has 3 N–H and O–H groups in total. The fourth-order valence-corrected chi connectivity index (χ4v) is 2.05. The maximum Gasteiger partial charge on any atom is 0.273 e. The first kappa shape index (κ1) is 11.9. The molecule has 1 heterocycles. The monoisotopic (exact) mass is 236 g/mol. The Morgan fingerprint density at radius 1 is 1.35 bits per heavy atom. The molecule has 0 spiro atoms. The van der Waals surface area contributed by atoms with E-state index in [-0.39, 0.29) is 29.5 Å². The molecule has 1 amide bonds. The van der Waals surface area contributed by atoms with Crippen molar-refractivity contribution < 1.29 is 15.0 Å². The molecule has 0 saturated heterocycles. The van der Waals surface area contributed by atoms with Gasteiger partial charge in [0.15, 0.2) is 5.69 Å².